The molecule has 2 aliphatic carbocycles. The lowest BCUT2D eigenvalue weighted by Gasteiger charge is -2.32. The first-order chi connectivity index (χ1) is 8.23. The van der Waals surface area contributed by atoms with Gasteiger partial charge in [0, 0.05) is 5.92 Å². The first-order valence-electron chi connectivity index (χ1n) is 5.07. The summed E-state index contributed by atoms with van der Waals surface area (Å²) in [6.45, 7) is -0.123. The Bertz CT molecular complexity index is 478. The van der Waals surface area contributed by atoms with Crippen molar-refractivity contribution < 1.29 is 5.11 Å². The molecule has 3 unspecified atom stereocenters. The molecular formula is C11H8Cl6O. The van der Waals surface area contributed by atoms with Crippen LogP contribution in [-0.2, 0) is 0 Å². The molecule has 1 saturated carbocycles. The van der Waals surface area contributed by atoms with Crippen molar-refractivity contribution in [1.82, 2.24) is 0 Å². The molecule has 0 radical (unpaired) electrons. The molecule has 0 saturated heterocycles. The Morgan fingerprint density at radius 2 is 1.83 bits per heavy atom. The SMILES string of the molecule is OCC=C=CC1CC2(Cl)C(Cl)=C(Cl)C1(Cl)C2(Cl)Cl. The van der Waals surface area contributed by atoms with Crippen LogP contribution in [0.15, 0.2) is 27.9 Å². The summed E-state index contributed by atoms with van der Waals surface area (Å²) in [7, 11) is 0. The second-order valence-electron chi connectivity index (χ2n) is 4.25. The molecule has 2 aliphatic rings. The Labute approximate surface area is 135 Å². The van der Waals surface area contributed by atoms with E-state index in [9.17, 15) is 0 Å². The number of rotatable bonds is 2. The zero-order valence-electron chi connectivity index (χ0n) is 8.86. The van der Waals surface area contributed by atoms with Crippen LogP contribution in [-0.4, -0.2) is 25.8 Å². The quantitative estimate of drug-likeness (QED) is 0.560. The number of hydrogen-bond acceptors (Lipinski definition) is 1. The summed E-state index contributed by atoms with van der Waals surface area (Å²) in [5.74, 6) is -0.315. The van der Waals surface area contributed by atoms with Crippen LogP contribution < -0.4 is 0 Å². The molecule has 2 bridgehead atoms. The third-order valence-corrected chi connectivity index (χ3v) is 7.63. The van der Waals surface area contributed by atoms with Crippen LogP contribution in [0, 0.1) is 5.92 Å². The Kier molecular flexibility index (Phi) is 4.06. The standard InChI is InChI=1S/C11H8Cl6O/c12-7-8(13)10(15)6(3-1-2-4-18)5-9(7,14)11(10,16)17/h2-3,6,18H,4-5H2. The van der Waals surface area contributed by atoms with Gasteiger partial charge in [-0.25, -0.2) is 0 Å². The summed E-state index contributed by atoms with van der Waals surface area (Å²) in [5, 5.41) is 9.04. The molecule has 1 fully saturated rings. The third-order valence-electron chi connectivity index (χ3n) is 3.33. The number of hydrogen-bond donors (Lipinski definition) is 1. The smallest absolute Gasteiger partial charge is 0.166 e. The molecular weight excluding hydrogens is 361 g/mol. The van der Waals surface area contributed by atoms with Crippen LogP contribution in [0.3, 0.4) is 0 Å². The summed E-state index contributed by atoms with van der Waals surface area (Å²) < 4.78 is -1.50. The molecule has 7 heteroatoms. The van der Waals surface area contributed by atoms with Crippen LogP contribution in [0.5, 0.6) is 0 Å². The van der Waals surface area contributed by atoms with Crippen molar-refractivity contribution in [2.24, 2.45) is 5.92 Å². The van der Waals surface area contributed by atoms with E-state index in [1.165, 1.54) is 6.08 Å². The van der Waals surface area contributed by atoms with Crippen molar-refractivity contribution in [3.05, 3.63) is 27.9 Å². The van der Waals surface area contributed by atoms with E-state index in [2.05, 4.69) is 5.73 Å². The number of fused-ring (bicyclic) bond motifs is 2. The van der Waals surface area contributed by atoms with Gasteiger partial charge in [0.05, 0.1) is 16.7 Å². The molecule has 18 heavy (non-hydrogen) atoms. The largest absolute Gasteiger partial charge is 0.392 e. The highest BCUT2D eigenvalue weighted by molar-refractivity contribution is 6.65. The normalized spacial score (nSPS) is 40.9. The van der Waals surface area contributed by atoms with Crippen LogP contribution in [0.1, 0.15) is 6.42 Å². The lowest BCUT2D eigenvalue weighted by atomic mass is 9.92. The Morgan fingerprint density at radius 1 is 1.22 bits per heavy atom. The lowest BCUT2D eigenvalue weighted by molar-refractivity contribution is 0.343. The highest BCUT2D eigenvalue weighted by atomic mass is 35.5. The van der Waals surface area contributed by atoms with E-state index in [0.717, 1.165) is 0 Å². The number of aliphatic hydroxyl groups excluding tert-OH is 1. The van der Waals surface area contributed by atoms with Crippen molar-refractivity contribution in [1.29, 1.82) is 0 Å². The maximum absolute atomic E-state index is 8.68. The van der Waals surface area contributed by atoms with Crippen LogP contribution in [0.2, 0.25) is 0 Å². The second-order valence-corrected chi connectivity index (χ2v) is 7.57. The van der Waals surface area contributed by atoms with E-state index in [0.29, 0.717) is 6.42 Å². The summed E-state index contributed by atoms with van der Waals surface area (Å²) in [4.78, 5) is -2.47. The number of allylic oxidation sites excluding steroid dienone is 2. The van der Waals surface area contributed by atoms with Gasteiger partial charge >= 0.3 is 0 Å². The molecule has 0 aromatic carbocycles. The topological polar surface area (TPSA) is 20.2 Å². The van der Waals surface area contributed by atoms with Gasteiger partial charge in [-0.2, -0.15) is 0 Å². The number of alkyl halides is 4. The minimum atomic E-state index is -1.50. The first-order valence-corrected chi connectivity index (χ1v) is 7.34. The van der Waals surface area contributed by atoms with Crippen molar-refractivity contribution in [2.45, 2.75) is 20.5 Å². The lowest BCUT2D eigenvalue weighted by Crippen LogP contribution is -2.43. The van der Waals surface area contributed by atoms with Crippen molar-refractivity contribution in [3.63, 3.8) is 0 Å². The van der Waals surface area contributed by atoms with Gasteiger partial charge in [-0.15, -0.1) is 28.9 Å². The molecule has 0 aliphatic heterocycles. The van der Waals surface area contributed by atoms with Gasteiger partial charge in [0.15, 0.2) is 4.33 Å². The van der Waals surface area contributed by atoms with E-state index in [1.807, 2.05) is 0 Å². The summed E-state index contributed by atoms with van der Waals surface area (Å²) in [6.07, 6.45) is 3.45. The highest BCUT2D eigenvalue weighted by Gasteiger charge is 2.77. The molecule has 100 valence electrons. The molecule has 0 heterocycles. The van der Waals surface area contributed by atoms with Gasteiger partial charge in [0.25, 0.3) is 0 Å². The fourth-order valence-electron chi connectivity index (χ4n) is 2.37. The maximum atomic E-state index is 8.68. The van der Waals surface area contributed by atoms with Gasteiger partial charge in [0.2, 0.25) is 0 Å². The zero-order chi connectivity index (χ0) is 13.8. The molecule has 1 N–H and O–H groups in total. The third kappa shape index (κ3) is 1.66. The van der Waals surface area contributed by atoms with E-state index < -0.39 is 14.1 Å². The Balaban J connectivity index is 2.53. The maximum Gasteiger partial charge on any atom is 0.166 e. The van der Waals surface area contributed by atoms with Crippen LogP contribution >= 0.6 is 69.6 Å². The van der Waals surface area contributed by atoms with Crippen molar-refractivity contribution >= 4 is 69.6 Å². The fourth-order valence-corrected chi connectivity index (χ4v) is 5.13. The van der Waals surface area contributed by atoms with Crippen molar-refractivity contribution in [3.8, 4) is 0 Å². The van der Waals surface area contributed by atoms with E-state index in [4.69, 9.17) is 74.7 Å². The minimum absolute atomic E-state index is 0.123. The van der Waals surface area contributed by atoms with Gasteiger partial charge in [0.1, 0.15) is 9.75 Å². The minimum Gasteiger partial charge on any atom is -0.392 e. The summed E-state index contributed by atoms with van der Waals surface area (Å²) in [5.41, 5.74) is 2.79. The number of aliphatic hydroxyl groups is 1. The average molecular weight is 369 g/mol. The van der Waals surface area contributed by atoms with Gasteiger partial charge in [-0.3, -0.25) is 0 Å². The van der Waals surface area contributed by atoms with E-state index >= 15 is 0 Å². The molecule has 0 aromatic heterocycles. The highest BCUT2D eigenvalue weighted by Crippen LogP contribution is 2.74. The molecule has 0 aromatic rings. The second kappa shape index (κ2) is 4.76. The summed E-state index contributed by atoms with van der Waals surface area (Å²) >= 11 is 37.7. The van der Waals surface area contributed by atoms with Gasteiger partial charge < -0.3 is 5.11 Å². The molecule has 2 rings (SSSR count). The van der Waals surface area contributed by atoms with E-state index in [1.54, 1.807) is 6.08 Å². The van der Waals surface area contributed by atoms with Crippen molar-refractivity contribution in [2.75, 3.05) is 6.61 Å². The zero-order valence-corrected chi connectivity index (χ0v) is 13.4. The fraction of sp³-hybridized carbons (Fsp3) is 0.545. The van der Waals surface area contributed by atoms with Gasteiger partial charge in [-0.1, -0.05) is 46.4 Å². The Morgan fingerprint density at radius 3 is 2.28 bits per heavy atom. The average Bonchev–Trinajstić information content (AvgIpc) is 2.52. The van der Waals surface area contributed by atoms with Crippen LogP contribution in [0.25, 0.3) is 0 Å². The Hall–Kier alpha value is 0.960. The number of halogens is 6. The van der Waals surface area contributed by atoms with Crippen LogP contribution in [0.4, 0.5) is 0 Å². The molecule has 0 amide bonds. The van der Waals surface area contributed by atoms with E-state index in [-0.39, 0.29) is 22.6 Å². The van der Waals surface area contributed by atoms with Gasteiger partial charge in [-0.05, 0) is 18.6 Å². The molecule has 3 atom stereocenters. The predicted molar refractivity (Wildman–Crippen MR) is 78.2 cm³/mol. The molecule has 0 spiro atoms. The predicted octanol–water partition coefficient (Wildman–Crippen LogP) is 4.54. The monoisotopic (exact) mass is 366 g/mol. The molecule has 1 nitrogen and oxygen atoms in total. The summed E-state index contributed by atoms with van der Waals surface area (Å²) in [6, 6.07) is 0. The first kappa shape index (κ1) is 15.4.